The summed E-state index contributed by atoms with van der Waals surface area (Å²) in [7, 11) is -3.82. The molecule has 0 heterocycles. The zero-order valence-electron chi connectivity index (χ0n) is 18.5. The van der Waals surface area contributed by atoms with E-state index in [2.05, 4.69) is 5.32 Å². The van der Waals surface area contributed by atoms with Gasteiger partial charge in [-0.15, -0.1) is 0 Å². The fourth-order valence-corrected chi connectivity index (χ4v) is 4.64. The van der Waals surface area contributed by atoms with Crippen LogP contribution in [0.3, 0.4) is 0 Å². The molecule has 0 unspecified atom stereocenters. The first-order valence-electron chi connectivity index (χ1n) is 10.2. The molecule has 0 radical (unpaired) electrons. The Morgan fingerprint density at radius 1 is 1.03 bits per heavy atom. The highest BCUT2D eigenvalue weighted by Gasteiger charge is 2.31. The van der Waals surface area contributed by atoms with Crippen molar-refractivity contribution >= 4 is 62.3 Å². The molecule has 0 fully saturated rings. The maximum Gasteiger partial charge on any atom is 0.244 e. The number of carbonyl (C=O) groups is 2. The van der Waals surface area contributed by atoms with Crippen LogP contribution < -0.4 is 9.62 Å². The molecule has 180 valence electrons. The SMILES string of the molecule is CCNC(=O)[C@H](CC)N(Cc1ccc(Cl)c(Cl)c1)C(=O)CN(c1cccc(Cl)c1)S(C)(=O)=O. The number of nitrogens with zero attached hydrogens (tertiary/aromatic N) is 2. The van der Waals surface area contributed by atoms with E-state index in [0.29, 0.717) is 33.6 Å². The summed E-state index contributed by atoms with van der Waals surface area (Å²) >= 11 is 18.2. The molecule has 0 aromatic heterocycles. The fourth-order valence-electron chi connectivity index (χ4n) is 3.29. The Morgan fingerprint density at radius 2 is 1.73 bits per heavy atom. The summed E-state index contributed by atoms with van der Waals surface area (Å²) in [5, 5.41) is 3.73. The van der Waals surface area contributed by atoms with Crippen LogP contribution in [0.2, 0.25) is 15.1 Å². The fraction of sp³-hybridized carbons (Fsp3) is 0.364. The number of likely N-dealkylation sites (N-methyl/N-ethyl adjacent to an activating group) is 1. The average Bonchev–Trinajstić information content (AvgIpc) is 2.73. The van der Waals surface area contributed by atoms with Gasteiger partial charge in [-0.2, -0.15) is 0 Å². The molecule has 33 heavy (non-hydrogen) atoms. The number of amides is 2. The van der Waals surface area contributed by atoms with E-state index in [9.17, 15) is 18.0 Å². The second kappa shape index (κ2) is 11.9. The summed E-state index contributed by atoms with van der Waals surface area (Å²) in [6.07, 6.45) is 1.33. The number of anilines is 1. The van der Waals surface area contributed by atoms with E-state index in [-0.39, 0.29) is 18.1 Å². The molecule has 1 N–H and O–H groups in total. The quantitative estimate of drug-likeness (QED) is 0.491. The zero-order chi connectivity index (χ0) is 24.8. The molecule has 0 bridgehead atoms. The Balaban J connectivity index is 2.45. The van der Waals surface area contributed by atoms with Crippen molar-refractivity contribution in [3.63, 3.8) is 0 Å². The van der Waals surface area contributed by atoms with E-state index in [4.69, 9.17) is 34.8 Å². The van der Waals surface area contributed by atoms with Gasteiger partial charge in [0.1, 0.15) is 12.6 Å². The Morgan fingerprint density at radius 3 is 2.27 bits per heavy atom. The van der Waals surface area contributed by atoms with E-state index < -0.39 is 28.5 Å². The first-order valence-corrected chi connectivity index (χ1v) is 13.2. The number of nitrogens with one attached hydrogen (secondary N) is 1. The summed E-state index contributed by atoms with van der Waals surface area (Å²) in [5.74, 6) is -0.883. The maximum absolute atomic E-state index is 13.5. The van der Waals surface area contributed by atoms with Gasteiger partial charge >= 0.3 is 0 Å². The van der Waals surface area contributed by atoms with Crippen molar-refractivity contribution < 1.29 is 18.0 Å². The average molecular weight is 535 g/mol. The largest absolute Gasteiger partial charge is 0.355 e. The van der Waals surface area contributed by atoms with Crippen molar-refractivity contribution in [1.82, 2.24) is 10.2 Å². The van der Waals surface area contributed by atoms with Gasteiger partial charge < -0.3 is 10.2 Å². The molecule has 0 saturated heterocycles. The number of rotatable bonds is 10. The summed E-state index contributed by atoms with van der Waals surface area (Å²) in [5.41, 5.74) is 0.896. The molecular formula is C22H26Cl3N3O4S. The van der Waals surface area contributed by atoms with Gasteiger partial charge in [0.05, 0.1) is 22.0 Å². The summed E-state index contributed by atoms with van der Waals surface area (Å²) in [4.78, 5) is 27.6. The van der Waals surface area contributed by atoms with E-state index in [1.54, 1.807) is 50.2 Å². The molecule has 0 aliphatic rings. The third kappa shape index (κ3) is 7.50. The van der Waals surface area contributed by atoms with Crippen LogP contribution in [0.4, 0.5) is 5.69 Å². The van der Waals surface area contributed by atoms with Gasteiger partial charge in [-0.25, -0.2) is 8.42 Å². The highest BCUT2D eigenvalue weighted by atomic mass is 35.5. The first kappa shape index (κ1) is 27.2. The number of hydrogen-bond acceptors (Lipinski definition) is 4. The van der Waals surface area contributed by atoms with Crippen LogP contribution in [0.15, 0.2) is 42.5 Å². The molecule has 0 spiro atoms. The van der Waals surface area contributed by atoms with Gasteiger partial charge in [-0.05, 0) is 49.2 Å². The van der Waals surface area contributed by atoms with Gasteiger partial charge in [0.15, 0.2) is 0 Å². The minimum atomic E-state index is -3.82. The number of benzene rings is 2. The van der Waals surface area contributed by atoms with Crippen LogP contribution in [0.5, 0.6) is 0 Å². The van der Waals surface area contributed by atoms with Gasteiger partial charge in [0, 0.05) is 18.1 Å². The highest BCUT2D eigenvalue weighted by molar-refractivity contribution is 7.92. The van der Waals surface area contributed by atoms with E-state index in [1.165, 1.54) is 11.0 Å². The molecule has 2 aromatic carbocycles. The lowest BCUT2D eigenvalue weighted by atomic mass is 10.1. The van der Waals surface area contributed by atoms with Gasteiger partial charge in [-0.1, -0.05) is 53.9 Å². The Bertz CT molecular complexity index is 1110. The minimum absolute atomic E-state index is 0.0402. The van der Waals surface area contributed by atoms with Crippen molar-refractivity contribution in [3.8, 4) is 0 Å². The predicted molar refractivity (Wildman–Crippen MR) is 133 cm³/mol. The normalized spacial score (nSPS) is 12.2. The lowest BCUT2D eigenvalue weighted by molar-refractivity contribution is -0.140. The van der Waals surface area contributed by atoms with Gasteiger partial charge in [0.2, 0.25) is 21.8 Å². The third-order valence-corrected chi connectivity index (χ3v) is 6.96. The second-order valence-electron chi connectivity index (χ2n) is 7.34. The highest BCUT2D eigenvalue weighted by Crippen LogP contribution is 2.25. The number of hydrogen-bond donors (Lipinski definition) is 1. The van der Waals surface area contributed by atoms with Crippen LogP contribution in [0.1, 0.15) is 25.8 Å². The lowest BCUT2D eigenvalue weighted by Crippen LogP contribution is -2.52. The van der Waals surface area contributed by atoms with E-state index in [1.807, 2.05) is 0 Å². The van der Waals surface area contributed by atoms with Gasteiger partial charge in [0.25, 0.3) is 0 Å². The monoisotopic (exact) mass is 533 g/mol. The van der Waals surface area contributed by atoms with Crippen molar-refractivity contribution in [2.75, 3.05) is 23.7 Å². The van der Waals surface area contributed by atoms with Crippen molar-refractivity contribution in [1.29, 1.82) is 0 Å². The maximum atomic E-state index is 13.5. The lowest BCUT2D eigenvalue weighted by Gasteiger charge is -2.32. The molecule has 0 aliphatic heterocycles. The van der Waals surface area contributed by atoms with Crippen LogP contribution in [-0.4, -0.2) is 50.5 Å². The summed E-state index contributed by atoms with van der Waals surface area (Å²) in [6.45, 7) is 3.48. The summed E-state index contributed by atoms with van der Waals surface area (Å²) < 4.78 is 26.0. The molecule has 11 heteroatoms. The zero-order valence-corrected chi connectivity index (χ0v) is 21.6. The second-order valence-corrected chi connectivity index (χ2v) is 10.5. The molecule has 2 rings (SSSR count). The number of sulfonamides is 1. The standard InChI is InChI=1S/C22H26Cl3N3O4S/c1-4-20(22(30)26-5-2)27(13-15-9-10-18(24)19(25)11-15)21(29)14-28(33(3,31)32)17-8-6-7-16(23)12-17/h6-12,20H,4-5,13-14H2,1-3H3,(H,26,30)/t20-/m0/s1. The Kier molecular flexibility index (Phi) is 9.84. The van der Waals surface area contributed by atoms with Gasteiger partial charge in [-0.3, -0.25) is 13.9 Å². The summed E-state index contributed by atoms with van der Waals surface area (Å²) in [6, 6.07) is 10.3. The topological polar surface area (TPSA) is 86.8 Å². The molecule has 0 saturated carbocycles. The van der Waals surface area contributed by atoms with Crippen molar-refractivity contribution in [2.45, 2.75) is 32.9 Å². The van der Waals surface area contributed by atoms with Crippen molar-refractivity contribution in [3.05, 3.63) is 63.1 Å². The smallest absolute Gasteiger partial charge is 0.244 e. The number of carbonyl (C=O) groups excluding carboxylic acids is 2. The predicted octanol–water partition coefficient (Wildman–Crippen LogP) is 4.36. The molecule has 7 nitrogen and oxygen atoms in total. The molecule has 2 amide bonds. The molecule has 0 aliphatic carbocycles. The minimum Gasteiger partial charge on any atom is -0.355 e. The van der Waals surface area contributed by atoms with Crippen LogP contribution >= 0.6 is 34.8 Å². The van der Waals surface area contributed by atoms with E-state index in [0.717, 1.165) is 10.6 Å². The Hall–Kier alpha value is -2.00. The molecular weight excluding hydrogens is 509 g/mol. The number of halogens is 3. The third-order valence-electron chi connectivity index (χ3n) is 4.85. The van der Waals surface area contributed by atoms with E-state index >= 15 is 0 Å². The first-order chi connectivity index (χ1) is 15.5. The van der Waals surface area contributed by atoms with Crippen LogP contribution in [-0.2, 0) is 26.2 Å². The molecule has 1 atom stereocenters. The van der Waals surface area contributed by atoms with Crippen LogP contribution in [0, 0.1) is 0 Å². The van der Waals surface area contributed by atoms with Crippen LogP contribution in [0.25, 0.3) is 0 Å². The Labute approximate surface area is 209 Å². The molecule has 2 aromatic rings. The van der Waals surface area contributed by atoms with Crippen molar-refractivity contribution in [2.24, 2.45) is 0 Å².